The van der Waals surface area contributed by atoms with Crippen molar-refractivity contribution in [1.29, 1.82) is 0 Å². The van der Waals surface area contributed by atoms with Crippen LogP contribution in [-0.4, -0.2) is 40.1 Å². The van der Waals surface area contributed by atoms with Crippen LogP contribution in [0.5, 0.6) is 0 Å². The number of likely N-dealkylation sites (tertiary alicyclic amines) is 1. The fraction of sp³-hybridized carbons (Fsp3) is 0.583. The Labute approximate surface area is 115 Å². The second-order valence-electron chi connectivity index (χ2n) is 4.52. The molecule has 2 amide bonds. The highest BCUT2D eigenvalue weighted by atomic mass is 32.1. The lowest BCUT2D eigenvalue weighted by molar-refractivity contribution is -0.136. The summed E-state index contributed by atoms with van der Waals surface area (Å²) in [5.41, 5.74) is 0.938. The Morgan fingerprint density at radius 2 is 2.42 bits per heavy atom. The SMILES string of the molecule is Cc1nc([C@H]2CCCN2C(=O)NCCC(=O)O)cs1. The second kappa shape index (κ2) is 6.01. The molecule has 7 heteroatoms. The predicted octanol–water partition coefficient (Wildman–Crippen LogP) is 1.77. The van der Waals surface area contributed by atoms with Gasteiger partial charge in [-0.3, -0.25) is 4.79 Å². The van der Waals surface area contributed by atoms with Gasteiger partial charge in [0.15, 0.2) is 0 Å². The van der Waals surface area contributed by atoms with Crippen LogP contribution in [0.2, 0.25) is 0 Å². The number of amides is 2. The lowest BCUT2D eigenvalue weighted by Gasteiger charge is -2.23. The molecule has 1 atom stereocenters. The van der Waals surface area contributed by atoms with E-state index in [0.717, 1.165) is 23.5 Å². The van der Waals surface area contributed by atoms with Gasteiger partial charge in [-0.05, 0) is 19.8 Å². The summed E-state index contributed by atoms with van der Waals surface area (Å²) in [5, 5.41) is 14.2. The fourth-order valence-electron chi connectivity index (χ4n) is 2.23. The predicted molar refractivity (Wildman–Crippen MR) is 71.2 cm³/mol. The molecule has 1 fully saturated rings. The number of hydrogen-bond acceptors (Lipinski definition) is 4. The lowest BCUT2D eigenvalue weighted by atomic mass is 10.2. The molecule has 0 unspecified atom stereocenters. The molecule has 104 valence electrons. The first-order chi connectivity index (χ1) is 9.08. The molecular weight excluding hydrogens is 266 g/mol. The van der Waals surface area contributed by atoms with Gasteiger partial charge in [0.1, 0.15) is 0 Å². The molecule has 0 aliphatic carbocycles. The van der Waals surface area contributed by atoms with Gasteiger partial charge < -0.3 is 15.3 Å². The number of nitrogens with zero attached hydrogens (tertiary/aromatic N) is 2. The molecule has 19 heavy (non-hydrogen) atoms. The number of aryl methyl sites for hydroxylation is 1. The number of carboxylic acid groups (broad SMARTS) is 1. The number of urea groups is 1. The van der Waals surface area contributed by atoms with Gasteiger partial charge in [0, 0.05) is 18.5 Å². The van der Waals surface area contributed by atoms with Gasteiger partial charge in [0.05, 0.1) is 23.2 Å². The summed E-state index contributed by atoms with van der Waals surface area (Å²) in [4.78, 5) is 28.6. The van der Waals surface area contributed by atoms with Gasteiger partial charge in [-0.1, -0.05) is 0 Å². The lowest BCUT2D eigenvalue weighted by Crippen LogP contribution is -2.40. The maximum atomic E-state index is 12.0. The molecule has 0 radical (unpaired) electrons. The average Bonchev–Trinajstić information content (AvgIpc) is 2.96. The number of hydrogen-bond donors (Lipinski definition) is 2. The van der Waals surface area contributed by atoms with Crippen molar-refractivity contribution in [3.05, 3.63) is 16.1 Å². The van der Waals surface area contributed by atoms with Crippen molar-refractivity contribution in [2.45, 2.75) is 32.2 Å². The van der Waals surface area contributed by atoms with E-state index in [4.69, 9.17) is 5.11 Å². The van der Waals surface area contributed by atoms with E-state index >= 15 is 0 Å². The molecule has 2 N–H and O–H groups in total. The van der Waals surface area contributed by atoms with Crippen LogP contribution in [0.1, 0.15) is 36.0 Å². The van der Waals surface area contributed by atoms with E-state index in [1.54, 1.807) is 16.2 Å². The molecule has 0 aromatic carbocycles. The highest BCUT2D eigenvalue weighted by molar-refractivity contribution is 7.09. The molecule has 1 aromatic rings. The molecule has 0 saturated carbocycles. The van der Waals surface area contributed by atoms with Crippen molar-refractivity contribution in [3.63, 3.8) is 0 Å². The van der Waals surface area contributed by atoms with Crippen molar-refractivity contribution < 1.29 is 14.7 Å². The van der Waals surface area contributed by atoms with Gasteiger partial charge in [-0.15, -0.1) is 11.3 Å². The first-order valence-electron chi connectivity index (χ1n) is 6.26. The summed E-state index contributed by atoms with van der Waals surface area (Å²) in [7, 11) is 0. The minimum atomic E-state index is -0.909. The van der Waals surface area contributed by atoms with Gasteiger partial charge in [0.2, 0.25) is 0 Å². The van der Waals surface area contributed by atoms with Crippen LogP contribution < -0.4 is 5.32 Å². The molecule has 6 nitrogen and oxygen atoms in total. The Hall–Kier alpha value is -1.63. The maximum Gasteiger partial charge on any atom is 0.317 e. The van der Waals surface area contributed by atoms with E-state index in [1.807, 2.05) is 12.3 Å². The Balaban J connectivity index is 1.94. The van der Waals surface area contributed by atoms with E-state index in [1.165, 1.54) is 0 Å². The number of aliphatic carboxylic acids is 1. The molecule has 2 rings (SSSR count). The van der Waals surface area contributed by atoms with Crippen molar-refractivity contribution in [2.75, 3.05) is 13.1 Å². The summed E-state index contributed by atoms with van der Waals surface area (Å²) >= 11 is 1.58. The smallest absolute Gasteiger partial charge is 0.317 e. The second-order valence-corrected chi connectivity index (χ2v) is 5.58. The Kier molecular flexibility index (Phi) is 4.36. The minimum absolute atomic E-state index is 0.0229. The van der Waals surface area contributed by atoms with E-state index in [2.05, 4.69) is 10.3 Å². The molecule has 2 heterocycles. The van der Waals surface area contributed by atoms with Gasteiger partial charge in [-0.25, -0.2) is 9.78 Å². The van der Waals surface area contributed by atoms with E-state index in [-0.39, 0.29) is 25.0 Å². The summed E-state index contributed by atoms with van der Waals surface area (Å²) in [6.45, 7) is 2.80. The van der Waals surface area contributed by atoms with E-state index in [9.17, 15) is 9.59 Å². The number of carbonyl (C=O) groups excluding carboxylic acids is 1. The number of aromatic nitrogens is 1. The number of thiazole rings is 1. The summed E-state index contributed by atoms with van der Waals surface area (Å²) in [6, 6.07) is -0.177. The van der Waals surface area contributed by atoms with Gasteiger partial charge in [-0.2, -0.15) is 0 Å². The van der Waals surface area contributed by atoms with Crippen molar-refractivity contribution in [1.82, 2.24) is 15.2 Å². The minimum Gasteiger partial charge on any atom is -0.481 e. The fourth-order valence-corrected chi connectivity index (χ4v) is 2.89. The highest BCUT2D eigenvalue weighted by Gasteiger charge is 2.31. The molecular formula is C12H17N3O3S. The highest BCUT2D eigenvalue weighted by Crippen LogP contribution is 2.32. The largest absolute Gasteiger partial charge is 0.481 e. The van der Waals surface area contributed by atoms with Crippen molar-refractivity contribution in [3.8, 4) is 0 Å². The summed E-state index contributed by atoms with van der Waals surface area (Å²) in [5.74, 6) is -0.909. The maximum absolute atomic E-state index is 12.0. The van der Waals surface area contributed by atoms with Gasteiger partial charge >= 0.3 is 12.0 Å². The van der Waals surface area contributed by atoms with Crippen LogP contribution in [0.4, 0.5) is 4.79 Å². The molecule has 1 aromatic heterocycles. The first-order valence-corrected chi connectivity index (χ1v) is 7.14. The summed E-state index contributed by atoms with van der Waals surface area (Å²) in [6.07, 6.45) is 1.81. The molecule has 1 aliphatic rings. The summed E-state index contributed by atoms with van der Waals surface area (Å²) < 4.78 is 0. The third-order valence-corrected chi connectivity index (χ3v) is 3.90. The van der Waals surface area contributed by atoms with Crippen LogP contribution in [-0.2, 0) is 4.79 Å². The monoisotopic (exact) mass is 283 g/mol. The Bertz CT molecular complexity index is 475. The third kappa shape index (κ3) is 3.44. The van der Waals surface area contributed by atoms with Crippen molar-refractivity contribution in [2.24, 2.45) is 0 Å². The third-order valence-electron chi connectivity index (χ3n) is 3.11. The number of carboxylic acids is 1. The van der Waals surface area contributed by atoms with Crippen molar-refractivity contribution >= 4 is 23.3 Å². The normalized spacial score (nSPS) is 18.6. The van der Waals surface area contributed by atoms with Gasteiger partial charge in [0.25, 0.3) is 0 Å². The zero-order valence-corrected chi connectivity index (χ0v) is 11.6. The molecule has 1 saturated heterocycles. The zero-order valence-electron chi connectivity index (χ0n) is 10.8. The van der Waals surface area contributed by atoms with Crippen LogP contribution >= 0.6 is 11.3 Å². The first kappa shape index (κ1) is 13.8. The molecule has 0 bridgehead atoms. The van der Waals surface area contributed by atoms with E-state index < -0.39 is 5.97 Å². The topological polar surface area (TPSA) is 82.5 Å². The van der Waals surface area contributed by atoms with E-state index in [0.29, 0.717) is 6.54 Å². The van der Waals surface area contributed by atoms with Crippen LogP contribution in [0.3, 0.4) is 0 Å². The number of nitrogens with one attached hydrogen (secondary N) is 1. The number of rotatable bonds is 4. The molecule has 1 aliphatic heterocycles. The molecule has 0 spiro atoms. The quantitative estimate of drug-likeness (QED) is 0.882. The Morgan fingerprint density at radius 1 is 1.63 bits per heavy atom. The Morgan fingerprint density at radius 3 is 3.05 bits per heavy atom. The van der Waals surface area contributed by atoms with Crippen LogP contribution in [0.15, 0.2) is 5.38 Å². The number of carbonyl (C=O) groups is 2. The van der Waals surface area contributed by atoms with Crippen LogP contribution in [0.25, 0.3) is 0 Å². The zero-order chi connectivity index (χ0) is 13.8. The van der Waals surface area contributed by atoms with Crippen LogP contribution in [0, 0.1) is 6.92 Å². The average molecular weight is 283 g/mol. The standard InChI is InChI=1S/C12H17N3O3S/c1-8-14-9(7-19-8)10-3-2-6-15(10)12(18)13-5-4-11(16)17/h7,10H,2-6H2,1H3,(H,13,18)(H,16,17)/t10-/m1/s1.